The summed E-state index contributed by atoms with van der Waals surface area (Å²) >= 11 is 3.22. The molecule has 9 nitrogen and oxygen atoms in total. The number of halogens is 7. The van der Waals surface area contributed by atoms with Crippen molar-refractivity contribution < 1.29 is 64.8 Å². The van der Waals surface area contributed by atoms with Crippen LogP contribution in [0.15, 0.2) is 22.7 Å². The van der Waals surface area contributed by atoms with Crippen LogP contribution in [0.1, 0.15) is 79.1 Å². The molecular weight excluding hydrogens is 720 g/mol. The van der Waals surface area contributed by atoms with Gasteiger partial charge in [0.15, 0.2) is 11.2 Å². The first-order valence-electron chi connectivity index (χ1n) is 16.7. The molecule has 2 spiro atoms. The van der Waals surface area contributed by atoms with Gasteiger partial charge in [-0.2, -0.15) is 26.3 Å². The van der Waals surface area contributed by atoms with Gasteiger partial charge in [0.2, 0.25) is 35.7 Å². The van der Waals surface area contributed by atoms with Gasteiger partial charge in [-0.1, -0.05) is 29.8 Å². The topological polar surface area (TPSA) is 99.9 Å². The van der Waals surface area contributed by atoms with Gasteiger partial charge >= 0.3 is 12.4 Å². The molecule has 0 amide bonds. The molecule has 8 aliphatic heterocycles. The molecule has 10 aliphatic rings. The Hall–Kier alpha value is -1.14. The summed E-state index contributed by atoms with van der Waals surface area (Å²) in [7, 11) is 0. The van der Waals surface area contributed by atoms with Gasteiger partial charge in [0.1, 0.15) is 0 Å². The number of hydrogen-bond donors (Lipinski definition) is 1. The molecule has 0 aromatic heterocycles. The maximum Gasteiger partial charge on any atom is 0.449 e. The highest BCUT2D eigenvalue weighted by Gasteiger charge is 2.71. The van der Waals surface area contributed by atoms with Crippen molar-refractivity contribution in [3.63, 3.8) is 0 Å². The van der Waals surface area contributed by atoms with Crippen LogP contribution < -0.4 is 5.73 Å². The van der Waals surface area contributed by atoms with Gasteiger partial charge in [-0.15, -0.1) is 0 Å². The quantitative estimate of drug-likeness (QED) is 0.175. The van der Waals surface area contributed by atoms with Crippen molar-refractivity contribution in [3.05, 3.63) is 22.7 Å². The third kappa shape index (κ3) is 5.20. The summed E-state index contributed by atoms with van der Waals surface area (Å²) < 4.78 is 104. The molecule has 2 N–H and O–H groups in total. The van der Waals surface area contributed by atoms with Crippen LogP contribution in [-0.4, -0.2) is 59.6 Å². The number of nitrogens with two attached hydrogens (primary N) is 1. The van der Waals surface area contributed by atoms with Crippen LogP contribution in [0.2, 0.25) is 0 Å². The van der Waals surface area contributed by atoms with E-state index in [1.807, 2.05) is 0 Å². The molecule has 16 heteroatoms. The summed E-state index contributed by atoms with van der Waals surface area (Å²) in [6.45, 7) is 7.36. The van der Waals surface area contributed by atoms with Crippen molar-refractivity contribution >= 4 is 15.9 Å². The van der Waals surface area contributed by atoms with Crippen LogP contribution in [0, 0.1) is 35.5 Å². The molecule has 48 heavy (non-hydrogen) atoms. The lowest BCUT2D eigenvalue weighted by molar-refractivity contribution is -0.557. The van der Waals surface area contributed by atoms with Crippen molar-refractivity contribution in [2.75, 3.05) is 11.9 Å². The third-order valence-corrected chi connectivity index (χ3v) is 12.8. The fraction of sp³-hybridized carbons (Fsp3) is 0.875. The minimum Gasteiger partial charge on any atom is -0.456 e. The van der Waals surface area contributed by atoms with E-state index in [-0.39, 0.29) is 40.8 Å². The number of rotatable bonds is 2. The molecule has 10 rings (SSSR count). The van der Waals surface area contributed by atoms with Crippen LogP contribution in [0.3, 0.4) is 0 Å². The van der Waals surface area contributed by atoms with Gasteiger partial charge in [0.05, 0.1) is 0 Å². The van der Waals surface area contributed by atoms with Gasteiger partial charge in [-0.25, -0.2) is 19.6 Å². The number of fused-ring (bicyclic) bond motifs is 4. The van der Waals surface area contributed by atoms with Crippen molar-refractivity contribution in [2.45, 2.75) is 127 Å². The Kier molecular flexibility index (Phi) is 8.59. The molecule has 4 bridgehead atoms. The normalized spacial score (nSPS) is 47.9. The average molecular weight is 763 g/mol. The molecule has 6 saturated heterocycles. The Labute approximate surface area is 283 Å². The fourth-order valence-corrected chi connectivity index (χ4v) is 10.5. The van der Waals surface area contributed by atoms with Crippen molar-refractivity contribution in [1.29, 1.82) is 0 Å². The predicted octanol–water partition coefficient (Wildman–Crippen LogP) is 7.45. The van der Waals surface area contributed by atoms with E-state index in [2.05, 4.69) is 29.8 Å². The van der Waals surface area contributed by atoms with Crippen molar-refractivity contribution in [3.8, 4) is 0 Å². The first-order valence-corrected chi connectivity index (χ1v) is 17.8. The van der Waals surface area contributed by atoms with Crippen LogP contribution in [-0.2, 0) is 38.5 Å². The van der Waals surface area contributed by atoms with Crippen LogP contribution in [0.4, 0.5) is 26.3 Å². The number of hydrogen-bond acceptors (Lipinski definition) is 9. The summed E-state index contributed by atoms with van der Waals surface area (Å²) in [5.74, 6) is -4.43. The molecule has 272 valence electrons. The summed E-state index contributed by atoms with van der Waals surface area (Å²) in [4.78, 5) is 22.7. The Morgan fingerprint density at radius 1 is 0.667 bits per heavy atom. The van der Waals surface area contributed by atoms with Gasteiger partial charge < -0.3 is 24.7 Å². The first kappa shape index (κ1) is 35.3. The van der Waals surface area contributed by atoms with E-state index in [1.54, 1.807) is 13.8 Å². The predicted molar refractivity (Wildman–Crippen MR) is 157 cm³/mol. The van der Waals surface area contributed by atoms with Gasteiger partial charge in [-0.05, 0) is 75.4 Å². The smallest absolute Gasteiger partial charge is 0.449 e. The molecule has 8 heterocycles. The molecule has 0 aromatic carbocycles. The lowest BCUT2D eigenvalue weighted by Gasteiger charge is -2.57. The second kappa shape index (κ2) is 11.7. The largest absolute Gasteiger partial charge is 0.456 e. The molecule has 8 fully saturated rings. The molecule has 2 aliphatic carbocycles. The summed E-state index contributed by atoms with van der Waals surface area (Å²) in [5, 5.41) is 0.0860. The van der Waals surface area contributed by atoms with E-state index < -0.39 is 71.1 Å². The lowest BCUT2D eigenvalue weighted by Crippen LogP contribution is -2.67. The summed E-state index contributed by atoms with van der Waals surface area (Å²) in [6, 6.07) is 0. The highest BCUT2D eigenvalue weighted by Crippen LogP contribution is 2.63. The monoisotopic (exact) mass is 761 g/mol. The Bertz CT molecular complexity index is 1260. The minimum absolute atomic E-state index is 0.00177. The van der Waals surface area contributed by atoms with E-state index in [1.165, 1.54) is 0 Å². The van der Waals surface area contributed by atoms with Gasteiger partial charge in [0.25, 0.3) is 0 Å². The SMILES string of the molecule is C[C@@H]1CC[C@H]2C(CBr)=C(C(F)(F)F)O[C@@H]3O[C@]4(C)CCC1[C@]32OO4.C[C@@H]1CC[C@H]2C(CN)=C(C(F)(F)F)O[C@@H]3O[C@]4(C)CCC1[C@]32OO4. The molecule has 2 unspecified atom stereocenters. The zero-order valence-corrected chi connectivity index (χ0v) is 28.8. The van der Waals surface area contributed by atoms with Crippen molar-refractivity contribution in [1.82, 2.24) is 0 Å². The molecule has 2 saturated carbocycles. The van der Waals surface area contributed by atoms with Gasteiger partial charge in [-0.3, -0.25) is 0 Å². The van der Waals surface area contributed by atoms with Crippen LogP contribution in [0.25, 0.3) is 0 Å². The van der Waals surface area contributed by atoms with Crippen LogP contribution >= 0.6 is 15.9 Å². The highest BCUT2D eigenvalue weighted by molar-refractivity contribution is 9.09. The minimum atomic E-state index is -4.61. The second-order valence-corrected chi connectivity index (χ2v) is 15.6. The third-order valence-electron chi connectivity index (χ3n) is 12.2. The van der Waals surface area contributed by atoms with E-state index in [0.29, 0.717) is 31.6 Å². The van der Waals surface area contributed by atoms with E-state index in [9.17, 15) is 26.3 Å². The van der Waals surface area contributed by atoms with Crippen molar-refractivity contribution in [2.24, 2.45) is 41.2 Å². The molecule has 0 radical (unpaired) electrons. The zero-order chi connectivity index (χ0) is 34.7. The fourth-order valence-electron chi connectivity index (χ4n) is 9.86. The first-order chi connectivity index (χ1) is 22.4. The summed E-state index contributed by atoms with van der Waals surface area (Å²) in [6.07, 6.45) is -5.92. The van der Waals surface area contributed by atoms with E-state index in [4.69, 9.17) is 44.2 Å². The van der Waals surface area contributed by atoms with Gasteiger partial charge in [0, 0.05) is 48.4 Å². The standard InChI is InChI=1S/C16H20BrF3O4.C16H22F3NO4/c1-8-3-4-11-9(7-17)12(16(18,19)20)21-13-15(11)10(8)5-6-14(2,22-13)23-24-15;1-8-3-4-11-9(7-20)12(16(17,18)19)21-13-15(11)10(8)5-6-14(2,22-13)23-24-15/h8,10-11,13H,3-7H2,1-2H3;8,10-11,13H,3-7,20H2,1-2H3/t2*8-,10?,11+,13-,14+,15-/m11/s1. The molecule has 0 aromatic rings. The Balaban J connectivity index is 0.000000152. The molecular formula is C32H42BrF6NO8. The maximum atomic E-state index is 13.5. The summed E-state index contributed by atoms with van der Waals surface area (Å²) in [5.41, 5.74) is 3.90. The highest BCUT2D eigenvalue weighted by atomic mass is 79.9. The number of alkyl halides is 7. The lowest BCUT2D eigenvalue weighted by atomic mass is 9.59. The second-order valence-electron chi connectivity index (χ2n) is 15.0. The average Bonchev–Trinajstić information content (AvgIpc) is 3.39. The number of ether oxygens (including phenoxy) is 4. The van der Waals surface area contributed by atoms with Crippen LogP contribution in [0.5, 0.6) is 0 Å². The maximum absolute atomic E-state index is 13.5. The zero-order valence-electron chi connectivity index (χ0n) is 27.2. The Morgan fingerprint density at radius 3 is 1.48 bits per heavy atom. The Morgan fingerprint density at radius 2 is 1.08 bits per heavy atom. The van der Waals surface area contributed by atoms with E-state index >= 15 is 0 Å². The molecule has 12 atom stereocenters. The number of allylic oxidation sites excluding steroid dienone is 2. The van der Waals surface area contributed by atoms with E-state index in [0.717, 1.165) is 25.7 Å².